The van der Waals surface area contributed by atoms with Crippen LogP contribution in [-0.2, 0) is 4.74 Å². The summed E-state index contributed by atoms with van der Waals surface area (Å²) in [5.41, 5.74) is 1.92. The Morgan fingerprint density at radius 1 is 1.50 bits per heavy atom. The fraction of sp³-hybridized carbons (Fsp3) is 0.500. The summed E-state index contributed by atoms with van der Waals surface area (Å²) in [7, 11) is 0. The zero-order chi connectivity index (χ0) is 12.7. The minimum atomic E-state index is 0.0798. The maximum Gasteiger partial charge on any atom is 0.151 e. The first-order valence-corrected chi connectivity index (χ1v) is 7.86. The van der Waals surface area contributed by atoms with Crippen LogP contribution < -0.4 is 0 Å². The van der Waals surface area contributed by atoms with Crippen molar-refractivity contribution in [1.29, 1.82) is 0 Å². The summed E-state index contributed by atoms with van der Waals surface area (Å²) in [6.07, 6.45) is 3.48. The van der Waals surface area contributed by atoms with Gasteiger partial charge in [-0.15, -0.1) is 0 Å². The van der Waals surface area contributed by atoms with E-state index in [4.69, 9.17) is 4.74 Å². The van der Waals surface area contributed by atoms with Crippen LogP contribution in [0.5, 0.6) is 0 Å². The quantitative estimate of drug-likeness (QED) is 0.519. The van der Waals surface area contributed by atoms with Crippen LogP contribution in [0.1, 0.15) is 31.2 Å². The molecule has 2 aromatic rings. The van der Waals surface area contributed by atoms with Gasteiger partial charge in [0.25, 0.3) is 0 Å². The van der Waals surface area contributed by atoms with Gasteiger partial charge in [0.15, 0.2) is 6.23 Å². The number of rotatable bonds is 1. The molecular formula is C12H13BrIN3O. The van der Waals surface area contributed by atoms with E-state index in [0.717, 1.165) is 44.3 Å². The Morgan fingerprint density at radius 3 is 3.06 bits per heavy atom. The standard InChI is InChI=1S/C12H13BrIN3O/c1-7-11-8(6-9(13)15-7)12(14)17(16-11)10-4-2-3-5-18-10/h6,10H,2-5H2,1H3. The van der Waals surface area contributed by atoms with E-state index in [2.05, 4.69) is 48.6 Å². The first kappa shape index (κ1) is 12.8. The molecule has 96 valence electrons. The van der Waals surface area contributed by atoms with Crippen LogP contribution >= 0.6 is 38.5 Å². The summed E-state index contributed by atoms with van der Waals surface area (Å²) in [6.45, 7) is 2.82. The molecule has 1 fully saturated rings. The van der Waals surface area contributed by atoms with Crippen molar-refractivity contribution in [3.05, 3.63) is 20.1 Å². The second-order valence-corrected chi connectivity index (χ2v) is 6.32. The zero-order valence-corrected chi connectivity index (χ0v) is 13.7. The SMILES string of the molecule is Cc1nc(Br)cc2c(I)n(C3CCCCO3)nc12. The van der Waals surface area contributed by atoms with Gasteiger partial charge in [-0.05, 0) is 70.8 Å². The summed E-state index contributed by atoms with van der Waals surface area (Å²) in [5.74, 6) is 0. The number of halogens is 2. The fourth-order valence-electron chi connectivity index (χ4n) is 2.29. The molecule has 0 N–H and O–H groups in total. The Balaban J connectivity index is 2.13. The molecule has 1 unspecified atom stereocenters. The molecule has 3 heterocycles. The summed E-state index contributed by atoms with van der Waals surface area (Å²) in [5, 5.41) is 5.82. The minimum absolute atomic E-state index is 0.0798. The molecule has 1 saturated heterocycles. The molecule has 3 rings (SSSR count). The molecule has 0 aromatic carbocycles. The van der Waals surface area contributed by atoms with E-state index in [1.54, 1.807) is 0 Å². The van der Waals surface area contributed by atoms with Gasteiger partial charge in [-0.3, -0.25) is 0 Å². The monoisotopic (exact) mass is 421 g/mol. The van der Waals surface area contributed by atoms with Crippen molar-refractivity contribution >= 4 is 49.4 Å². The number of ether oxygens (including phenoxy) is 1. The van der Waals surface area contributed by atoms with Crippen LogP contribution in [0, 0.1) is 10.6 Å². The molecule has 0 amide bonds. The lowest BCUT2D eigenvalue weighted by Crippen LogP contribution is -2.20. The second kappa shape index (κ2) is 5.05. The number of aryl methyl sites for hydroxylation is 1. The van der Waals surface area contributed by atoms with Crippen LogP contribution in [0.3, 0.4) is 0 Å². The van der Waals surface area contributed by atoms with Gasteiger partial charge >= 0.3 is 0 Å². The number of hydrogen-bond donors (Lipinski definition) is 0. The van der Waals surface area contributed by atoms with Gasteiger partial charge in [0.05, 0.1) is 5.69 Å². The van der Waals surface area contributed by atoms with Crippen molar-refractivity contribution in [2.24, 2.45) is 0 Å². The normalized spacial score (nSPS) is 20.5. The van der Waals surface area contributed by atoms with Crippen molar-refractivity contribution in [3.63, 3.8) is 0 Å². The molecule has 0 saturated carbocycles. The van der Waals surface area contributed by atoms with Crippen LogP contribution in [0.4, 0.5) is 0 Å². The number of nitrogens with zero attached hydrogens (tertiary/aromatic N) is 3. The zero-order valence-electron chi connectivity index (χ0n) is 9.99. The number of hydrogen-bond acceptors (Lipinski definition) is 3. The first-order chi connectivity index (χ1) is 8.66. The van der Waals surface area contributed by atoms with Gasteiger partial charge in [-0.1, -0.05) is 0 Å². The Bertz CT molecular complexity index is 593. The van der Waals surface area contributed by atoms with Crippen LogP contribution in [0.15, 0.2) is 10.7 Å². The van der Waals surface area contributed by atoms with Crippen molar-refractivity contribution in [2.45, 2.75) is 32.4 Å². The van der Waals surface area contributed by atoms with E-state index in [1.807, 2.05) is 17.7 Å². The topological polar surface area (TPSA) is 39.9 Å². The Labute approximate surface area is 127 Å². The van der Waals surface area contributed by atoms with E-state index < -0.39 is 0 Å². The maximum atomic E-state index is 5.81. The minimum Gasteiger partial charge on any atom is -0.356 e. The smallest absolute Gasteiger partial charge is 0.151 e. The van der Waals surface area contributed by atoms with Gasteiger partial charge in [-0.2, -0.15) is 5.10 Å². The lowest BCUT2D eigenvalue weighted by molar-refractivity contribution is -0.0406. The van der Waals surface area contributed by atoms with Crippen LogP contribution in [0.25, 0.3) is 10.9 Å². The van der Waals surface area contributed by atoms with Gasteiger partial charge in [0.2, 0.25) is 0 Å². The lowest BCUT2D eigenvalue weighted by Gasteiger charge is -2.23. The number of fused-ring (bicyclic) bond motifs is 1. The average Bonchev–Trinajstić information content (AvgIpc) is 2.69. The van der Waals surface area contributed by atoms with E-state index in [-0.39, 0.29) is 6.23 Å². The van der Waals surface area contributed by atoms with Crippen molar-refractivity contribution in [3.8, 4) is 0 Å². The van der Waals surface area contributed by atoms with Crippen molar-refractivity contribution < 1.29 is 4.74 Å². The van der Waals surface area contributed by atoms with E-state index >= 15 is 0 Å². The van der Waals surface area contributed by atoms with Gasteiger partial charge < -0.3 is 4.74 Å². The predicted octanol–water partition coefficient (Wildman–Crippen LogP) is 3.81. The van der Waals surface area contributed by atoms with Crippen LogP contribution in [-0.4, -0.2) is 21.4 Å². The molecule has 1 aliphatic heterocycles. The van der Waals surface area contributed by atoms with E-state index in [1.165, 1.54) is 6.42 Å². The molecule has 0 aliphatic carbocycles. The maximum absolute atomic E-state index is 5.81. The Hall–Kier alpha value is -0.210. The van der Waals surface area contributed by atoms with Crippen molar-refractivity contribution in [1.82, 2.24) is 14.8 Å². The fourth-order valence-corrected chi connectivity index (χ4v) is 3.62. The Morgan fingerprint density at radius 2 is 2.33 bits per heavy atom. The molecule has 2 aromatic heterocycles. The third kappa shape index (κ3) is 2.18. The number of aromatic nitrogens is 3. The van der Waals surface area contributed by atoms with Crippen molar-refractivity contribution in [2.75, 3.05) is 6.61 Å². The highest BCUT2D eigenvalue weighted by atomic mass is 127. The van der Waals surface area contributed by atoms with Gasteiger partial charge in [-0.25, -0.2) is 9.67 Å². The highest BCUT2D eigenvalue weighted by molar-refractivity contribution is 14.1. The average molecular weight is 422 g/mol. The molecule has 0 spiro atoms. The second-order valence-electron chi connectivity index (χ2n) is 4.48. The van der Waals surface area contributed by atoms with Crippen LogP contribution in [0.2, 0.25) is 0 Å². The molecule has 1 atom stereocenters. The first-order valence-electron chi connectivity index (χ1n) is 5.99. The molecular weight excluding hydrogens is 409 g/mol. The van der Waals surface area contributed by atoms with E-state index in [9.17, 15) is 0 Å². The molecule has 4 nitrogen and oxygen atoms in total. The summed E-state index contributed by atoms with van der Waals surface area (Å²) in [6, 6.07) is 2.02. The molecule has 6 heteroatoms. The van der Waals surface area contributed by atoms with Gasteiger partial charge in [0, 0.05) is 12.0 Å². The number of pyridine rings is 1. The summed E-state index contributed by atoms with van der Waals surface area (Å²) < 4.78 is 9.80. The predicted molar refractivity (Wildman–Crippen MR) is 81.5 cm³/mol. The Kier molecular flexibility index (Phi) is 3.59. The summed E-state index contributed by atoms with van der Waals surface area (Å²) >= 11 is 5.78. The largest absolute Gasteiger partial charge is 0.356 e. The summed E-state index contributed by atoms with van der Waals surface area (Å²) in [4.78, 5) is 4.40. The highest BCUT2D eigenvalue weighted by Crippen LogP contribution is 2.30. The lowest BCUT2D eigenvalue weighted by atomic mass is 10.2. The van der Waals surface area contributed by atoms with Gasteiger partial charge in [0.1, 0.15) is 13.8 Å². The molecule has 0 radical (unpaired) electrons. The highest BCUT2D eigenvalue weighted by Gasteiger charge is 2.21. The molecule has 0 bridgehead atoms. The molecule has 1 aliphatic rings. The third-order valence-corrected chi connectivity index (χ3v) is 4.68. The van der Waals surface area contributed by atoms with E-state index in [0.29, 0.717) is 0 Å². The third-order valence-electron chi connectivity index (χ3n) is 3.20. The molecule has 18 heavy (non-hydrogen) atoms.